The fourth-order valence-corrected chi connectivity index (χ4v) is 5.52. The standard InChI is InChI=1S/C27H35FN4O3/c1-19(33)29-22-17-24(26(34)30(2)3)32(25(22)20-9-5-4-6-10-20)18-27(35)13-15-31(16-14-27)23-12-8-7-11-21(23)28/h4-12,22,24-25,35H,13-18H2,1-3H3,(H,29,33)/t22-,24-,25-/m0/s1. The van der Waals surface area contributed by atoms with Gasteiger partial charge in [0.05, 0.1) is 29.4 Å². The van der Waals surface area contributed by atoms with Crippen molar-refractivity contribution in [2.24, 2.45) is 0 Å². The molecule has 2 fully saturated rings. The Balaban J connectivity index is 1.60. The summed E-state index contributed by atoms with van der Waals surface area (Å²) >= 11 is 0. The van der Waals surface area contributed by atoms with Gasteiger partial charge >= 0.3 is 0 Å². The number of hydrogen-bond donors (Lipinski definition) is 2. The lowest BCUT2D eigenvalue weighted by Gasteiger charge is -2.43. The van der Waals surface area contributed by atoms with Gasteiger partial charge in [-0.2, -0.15) is 0 Å². The third-order valence-electron chi connectivity index (χ3n) is 7.24. The number of halogens is 1. The number of aliphatic hydroxyl groups is 1. The van der Waals surface area contributed by atoms with Gasteiger partial charge in [-0.05, 0) is 37.0 Å². The van der Waals surface area contributed by atoms with Crippen molar-refractivity contribution in [2.75, 3.05) is 38.6 Å². The summed E-state index contributed by atoms with van der Waals surface area (Å²) in [7, 11) is 3.46. The fraction of sp³-hybridized carbons (Fsp3) is 0.481. The molecule has 2 N–H and O–H groups in total. The molecule has 188 valence electrons. The Morgan fingerprint density at radius 2 is 1.71 bits per heavy atom. The summed E-state index contributed by atoms with van der Waals surface area (Å²) in [5.41, 5.74) is 0.502. The lowest BCUT2D eigenvalue weighted by atomic mass is 9.89. The van der Waals surface area contributed by atoms with Crippen LogP contribution in [0.2, 0.25) is 0 Å². The molecule has 7 nitrogen and oxygen atoms in total. The first-order valence-corrected chi connectivity index (χ1v) is 12.2. The molecule has 3 atom stereocenters. The Morgan fingerprint density at radius 3 is 2.31 bits per heavy atom. The minimum atomic E-state index is -1.04. The van der Waals surface area contributed by atoms with Gasteiger partial charge in [0.15, 0.2) is 0 Å². The Kier molecular flexibility index (Phi) is 7.42. The summed E-state index contributed by atoms with van der Waals surface area (Å²) < 4.78 is 14.3. The molecule has 2 aromatic carbocycles. The zero-order valence-electron chi connectivity index (χ0n) is 20.7. The molecule has 0 saturated carbocycles. The predicted octanol–water partition coefficient (Wildman–Crippen LogP) is 2.57. The Labute approximate surface area is 206 Å². The van der Waals surface area contributed by atoms with Gasteiger partial charge in [0.1, 0.15) is 5.82 Å². The highest BCUT2D eigenvalue weighted by Crippen LogP contribution is 2.40. The molecule has 0 aromatic heterocycles. The van der Waals surface area contributed by atoms with Crippen LogP contribution >= 0.6 is 0 Å². The van der Waals surface area contributed by atoms with Gasteiger partial charge in [0, 0.05) is 40.7 Å². The quantitative estimate of drug-likeness (QED) is 0.662. The highest BCUT2D eigenvalue weighted by Gasteiger charge is 2.49. The van der Waals surface area contributed by atoms with Crippen LogP contribution in [-0.4, -0.2) is 78.1 Å². The van der Waals surface area contributed by atoms with Crippen molar-refractivity contribution in [1.82, 2.24) is 15.1 Å². The van der Waals surface area contributed by atoms with Crippen LogP contribution in [0.5, 0.6) is 0 Å². The molecule has 0 spiro atoms. The average Bonchev–Trinajstić information content (AvgIpc) is 3.16. The molecule has 2 saturated heterocycles. The summed E-state index contributed by atoms with van der Waals surface area (Å²) in [6.07, 6.45) is 1.37. The number of β-amino-alcohol motifs (C(OH)–C–C–N with tert-alkyl or cyclic N) is 1. The molecular weight excluding hydrogens is 447 g/mol. The first-order chi connectivity index (χ1) is 16.7. The Bertz CT molecular complexity index is 1040. The van der Waals surface area contributed by atoms with Crippen LogP contribution in [0.25, 0.3) is 0 Å². The lowest BCUT2D eigenvalue weighted by molar-refractivity contribution is -0.135. The first-order valence-electron chi connectivity index (χ1n) is 12.2. The number of amides is 2. The molecule has 8 heteroatoms. The monoisotopic (exact) mass is 482 g/mol. The summed E-state index contributed by atoms with van der Waals surface area (Å²) in [6.45, 7) is 2.81. The van der Waals surface area contributed by atoms with Crippen LogP contribution in [0.1, 0.15) is 37.8 Å². The third-order valence-corrected chi connectivity index (χ3v) is 7.24. The van der Waals surface area contributed by atoms with E-state index in [0.717, 1.165) is 5.56 Å². The number of carbonyl (C=O) groups excluding carboxylic acids is 2. The maximum absolute atomic E-state index is 14.3. The maximum atomic E-state index is 14.3. The highest BCUT2D eigenvalue weighted by atomic mass is 19.1. The van der Waals surface area contributed by atoms with E-state index in [2.05, 4.69) is 10.2 Å². The molecule has 0 bridgehead atoms. The number of hydrogen-bond acceptors (Lipinski definition) is 5. The number of nitrogens with zero attached hydrogens (tertiary/aromatic N) is 3. The molecular formula is C27H35FN4O3. The number of likely N-dealkylation sites (N-methyl/N-ethyl adjacent to an activating group) is 1. The van der Waals surface area contributed by atoms with Gasteiger partial charge in [-0.1, -0.05) is 42.5 Å². The van der Waals surface area contributed by atoms with E-state index < -0.39 is 11.6 Å². The third kappa shape index (κ3) is 5.49. The Hall–Kier alpha value is -2.97. The zero-order chi connectivity index (χ0) is 25.2. The highest BCUT2D eigenvalue weighted by molar-refractivity contribution is 5.82. The summed E-state index contributed by atoms with van der Waals surface area (Å²) in [6, 6.07) is 15.5. The second-order valence-corrected chi connectivity index (χ2v) is 9.98. The molecule has 2 aliphatic heterocycles. The van der Waals surface area contributed by atoms with Crippen molar-refractivity contribution >= 4 is 17.5 Å². The molecule has 0 unspecified atom stereocenters. The van der Waals surface area contributed by atoms with E-state index in [1.165, 1.54) is 13.0 Å². The average molecular weight is 483 g/mol. The predicted molar refractivity (Wildman–Crippen MR) is 133 cm³/mol. The minimum Gasteiger partial charge on any atom is -0.388 e. The normalized spacial score (nSPS) is 24.3. The van der Waals surface area contributed by atoms with Gasteiger partial charge < -0.3 is 20.2 Å². The summed E-state index contributed by atoms with van der Waals surface area (Å²) in [5, 5.41) is 14.7. The Morgan fingerprint density at radius 1 is 1.09 bits per heavy atom. The van der Waals surface area contributed by atoms with Crippen molar-refractivity contribution in [2.45, 2.75) is 49.9 Å². The molecule has 0 aliphatic carbocycles. The van der Waals surface area contributed by atoms with E-state index in [0.29, 0.717) is 38.0 Å². The maximum Gasteiger partial charge on any atom is 0.239 e. The topological polar surface area (TPSA) is 76.1 Å². The van der Waals surface area contributed by atoms with Gasteiger partial charge in [0.2, 0.25) is 11.8 Å². The van der Waals surface area contributed by atoms with Gasteiger partial charge in [-0.15, -0.1) is 0 Å². The van der Waals surface area contributed by atoms with E-state index in [-0.39, 0.29) is 36.3 Å². The van der Waals surface area contributed by atoms with Gasteiger partial charge in [-0.25, -0.2) is 4.39 Å². The number of likely N-dealkylation sites (tertiary alicyclic amines) is 1. The molecule has 2 amide bonds. The molecule has 0 radical (unpaired) electrons. The van der Waals surface area contributed by atoms with Gasteiger partial charge in [0.25, 0.3) is 0 Å². The van der Waals surface area contributed by atoms with Crippen molar-refractivity contribution in [3.8, 4) is 0 Å². The molecule has 4 rings (SSSR count). The summed E-state index contributed by atoms with van der Waals surface area (Å²) in [5.74, 6) is -0.465. The number of nitrogens with one attached hydrogen (secondary N) is 1. The number of benzene rings is 2. The number of anilines is 1. The fourth-order valence-electron chi connectivity index (χ4n) is 5.52. The van der Waals surface area contributed by atoms with Crippen LogP contribution in [-0.2, 0) is 9.59 Å². The van der Waals surface area contributed by atoms with Crippen molar-refractivity contribution in [1.29, 1.82) is 0 Å². The summed E-state index contributed by atoms with van der Waals surface area (Å²) in [4.78, 5) is 30.9. The SMILES string of the molecule is CC(=O)N[C@H]1C[C@@H](C(=O)N(C)C)N(CC2(O)CCN(c3ccccc3F)CC2)[C@H]1c1ccccc1. The zero-order valence-corrected chi connectivity index (χ0v) is 20.7. The number of piperidine rings is 1. The van der Waals surface area contributed by atoms with E-state index in [1.54, 1.807) is 31.1 Å². The second kappa shape index (κ2) is 10.3. The van der Waals surface area contributed by atoms with Crippen LogP contribution in [0.4, 0.5) is 10.1 Å². The number of rotatable bonds is 6. The largest absolute Gasteiger partial charge is 0.388 e. The van der Waals surface area contributed by atoms with Crippen molar-refractivity contribution in [3.05, 3.63) is 66.0 Å². The minimum absolute atomic E-state index is 0.0498. The van der Waals surface area contributed by atoms with Crippen molar-refractivity contribution in [3.63, 3.8) is 0 Å². The van der Waals surface area contributed by atoms with E-state index >= 15 is 0 Å². The van der Waals surface area contributed by atoms with E-state index in [9.17, 15) is 19.1 Å². The van der Waals surface area contributed by atoms with Crippen LogP contribution in [0.15, 0.2) is 54.6 Å². The smallest absolute Gasteiger partial charge is 0.239 e. The van der Waals surface area contributed by atoms with Crippen LogP contribution in [0.3, 0.4) is 0 Å². The lowest BCUT2D eigenvalue weighted by Crippen LogP contribution is -2.54. The number of para-hydroxylation sites is 1. The van der Waals surface area contributed by atoms with E-state index in [1.807, 2.05) is 41.3 Å². The van der Waals surface area contributed by atoms with Crippen LogP contribution in [0, 0.1) is 5.82 Å². The first kappa shape index (κ1) is 25.1. The van der Waals surface area contributed by atoms with Gasteiger partial charge in [-0.3, -0.25) is 14.5 Å². The number of carbonyl (C=O) groups is 2. The van der Waals surface area contributed by atoms with Crippen molar-refractivity contribution < 1.29 is 19.1 Å². The second-order valence-electron chi connectivity index (χ2n) is 9.98. The molecule has 35 heavy (non-hydrogen) atoms. The molecule has 2 aromatic rings. The molecule has 2 aliphatic rings. The van der Waals surface area contributed by atoms with E-state index in [4.69, 9.17) is 0 Å². The molecule has 2 heterocycles. The van der Waals surface area contributed by atoms with Crippen LogP contribution < -0.4 is 10.2 Å².